The lowest BCUT2D eigenvalue weighted by Crippen LogP contribution is -2.34. The number of allylic oxidation sites excluding steroid dienone is 3. The van der Waals surface area contributed by atoms with Crippen LogP contribution < -0.4 is 10.1 Å². The van der Waals surface area contributed by atoms with Gasteiger partial charge in [0.05, 0.1) is 19.3 Å². The number of phenols is 1. The Balaban J connectivity index is 1.66. The number of hydrogen-bond acceptors (Lipinski definition) is 6. The molecule has 1 aliphatic carbocycles. The number of hydrogen-bond donors (Lipinski definition) is 2. The van der Waals surface area contributed by atoms with Gasteiger partial charge in [0.15, 0.2) is 17.3 Å². The number of ether oxygens (including phenoxy) is 2. The van der Waals surface area contributed by atoms with Crippen LogP contribution >= 0.6 is 0 Å². The molecule has 0 saturated carbocycles. The maximum absolute atomic E-state index is 13.2. The van der Waals surface area contributed by atoms with Crippen LogP contribution in [0.15, 0.2) is 71.1 Å². The Morgan fingerprint density at radius 1 is 1.16 bits per heavy atom. The van der Waals surface area contributed by atoms with Gasteiger partial charge < -0.3 is 19.9 Å². The van der Waals surface area contributed by atoms with Gasteiger partial charge in [-0.2, -0.15) is 0 Å². The molecule has 1 atom stereocenters. The first-order valence-electron chi connectivity index (χ1n) is 10.8. The third-order valence-corrected chi connectivity index (χ3v) is 6.00. The minimum atomic E-state index is -0.597. The van der Waals surface area contributed by atoms with Crippen LogP contribution in [0.1, 0.15) is 43.2 Å². The topological polar surface area (TPSA) is 84.9 Å². The van der Waals surface area contributed by atoms with Gasteiger partial charge in [-0.25, -0.2) is 4.79 Å². The van der Waals surface area contributed by atoms with E-state index >= 15 is 0 Å². The molecule has 0 fully saturated rings. The lowest BCUT2D eigenvalue weighted by molar-refractivity contribution is -0.139. The zero-order valence-corrected chi connectivity index (χ0v) is 18.3. The molecular weight excluding hydrogens is 406 g/mol. The monoisotopic (exact) mass is 433 g/mol. The van der Waals surface area contributed by atoms with Crippen molar-refractivity contribution < 1.29 is 24.2 Å². The van der Waals surface area contributed by atoms with Crippen molar-refractivity contribution in [2.24, 2.45) is 0 Å². The average Bonchev–Trinajstić information content (AvgIpc) is 2.79. The van der Waals surface area contributed by atoms with E-state index in [1.54, 1.807) is 18.2 Å². The van der Waals surface area contributed by atoms with Gasteiger partial charge in [-0.05, 0) is 43.0 Å². The summed E-state index contributed by atoms with van der Waals surface area (Å²) in [5.74, 6) is -0.750. The van der Waals surface area contributed by atoms with Crippen molar-refractivity contribution in [1.82, 2.24) is 5.32 Å². The Bertz CT molecular complexity index is 1100. The van der Waals surface area contributed by atoms with E-state index in [4.69, 9.17) is 9.47 Å². The molecule has 0 unspecified atom stereocenters. The van der Waals surface area contributed by atoms with Crippen LogP contribution in [0, 0.1) is 0 Å². The summed E-state index contributed by atoms with van der Waals surface area (Å²) in [6, 6.07) is 14.8. The molecule has 6 heteroatoms. The van der Waals surface area contributed by atoms with E-state index in [9.17, 15) is 14.7 Å². The number of nitrogens with one attached hydrogen (secondary N) is 1. The fourth-order valence-corrected chi connectivity index (χ4v) is 4.46. The molecule has 0 spiro atoms. The average molecular weight is 434 g/mol. The van der Waals surface area contributed by atoms with E-state index in [1.807, 2.05) is 37.3 Å². The maximum atomic E-state index is 13.2. The molecule has 0 bridgehead atoms. The van der Waals surface area contributed by atoms with E-state index in [0.29, 0.717) is 41.0 Å². The van der Waals surface area contributed by atoms with Crippen LogP contribution in [0.4, 0.5) is 0 Å². The smallest absolute Gasteiger partial charge is 0.336 e. The fourth-order valence-electron chi connectivity index (χ4n) is 4.46. The second-order valence-electron chi connectivity index (χ2n) is 8.07. The molecular formula is C26H27NO5. The first kappa shape index (κ1) is 21.7. The van der Waals surface area contributed by atoms with E-state index in [0.717, 1.165) is 24.1 Å². The standard InChI is InChI=1S/C26H27NO5/c1-16-23(26(30)32-14-13-17-7-4-3-5-8-17)24(18-11-12-22(31-2)21(29)15-18)25-19(27-16)9-6-10-20(25)28/h3-5,7-8,11-12,15,24,27,29H,6,9-10,13-14H2,1-2H3/t24-/m0/s1. The number of rotatable bonds is 6. The number of aromatic hydroxyl groups is 1. The lowest BCUT2D eigenvalue weighted by Gasteiger charge is -2.34. The van der Waals surface area contributed by atoms with Crippen molar-refractivity contribution in [2.75, 3.05) is 13.7 Å². The van der Waals surface area contributed by atoms with Crippen molar-refractivity contribution in [3.63, 3.8) is 0 Å². The van der Waals surface area contributed by atoms with Gasteiger partial charge in [-0.15, -0.1) is 0 Å². The minimum Gasteiger partial charge on any atom is -0.504 e. The number of ketones is 1. The van der Waals surface area contributed by atoms with Crippen LogP contribution in [0.25, 0.3) is 0 Å². The molecule has 0 radical (unpaired) electrons. The predicted octanol–water partition coefficient (Wildman–Crippen LogP) is 4.15. The number of esters is 1. The van der Waals surface area contributed by atoms with E-state index in [-0.39, 0.29) is 18.1 Å². The highest BCUT2D eigenvalue weighted by molar-refractivity contribution is 6.03. The highest BCUT2D eigenvalue weighted by Gasteiger charge is 2.39. The molecule has 0 aromatic heterocycles. The highest BCUT2D eigenvalue weighted by atomic mass is 16.5. The second kappa shape index (κ2) is 9.30. The van der Waals surface area contributed by atoms with Gasteiger partial charge in [-0.3, -0.25) is 4.79 Å². The summed E-state index contributed by atoms with van der Waals surface area (Å²) >= 11 is 0. The molecule has 4 rings (SSSR count). The number of carbonyl (C=O) groups excluding carboxylic acids is 2. The Kier molecular flexibility index (Phi) is 6.30. The zero-order chi connectivity index (χ0) is 22.7. The Labute approximate surface area is 187 Å². The summed E-state index contributed by atoms with van der Waals surface area (Å²) in [6.45, 7) is 2.06. The lowest BCUT2D eigenvalue weighted by atomic mass is 9.75. The van der Waals surface area contributed by atoms with Crippen molar-refractivity contribution in [2.45, 2.75) is 38.5 Å². The van der Waals surface area contributed by atoms with Crippen molar-refractivity contribution in [3.8, 4) is 11.5 Å². The van der Waals surface area contributed by atoms with Crippen LogP contribution in [0.5, 0.6) is 11.5 Å². The number of methoxy groups -OCH3 is 1. The van der Waals surface area contributed by atoms with Crippen molar-refractivity contribution in [3.05, 3.63) is 82.2 Å². The molecule has 166 valence electrons. The molecule has 1 aliphatic heterocycles. The summed E-state index contributed by atoms with van der Waals surface area (Å²) in [6.07, 6.45) is 2.56. The Morgan fingerprint density at radius 3 is 2.66 bits per heavy atom. The molecule has 2 aromatic carbocycles. The largest absolute Gasteiger partial charge is 0.504 e. The van der Waals surface area contributed by atoms with Crippen molar-refractivity contribution >= 4 is 11.8 Å². The van der Waals surface area contributed by atoms with Gasteiger partial charge in [-0.1, -0.05) is 36.4 Å². The zero-order valence-electron chi connectivity index (χ0n) is 18.3. The number of dihydropyridines is 1. The summed E-state index contributed by atoms with van der Waals surface area (Å²) < 4.78 is 10.8. The van der Waals surface area contributed by atoms with E-state index < -0.39 is 11.9 Å². The number of Topliss-reactive ketones (excluding diaryl/α,β-unsaturated/α-hetero) is 1. The number of carbonyl (C=O) groups is 2. The SMILES string of the molecule is COc1ccc([C@H]2C(C(=O)OCCc3ccccc3)=C(C)NC3=C2C(=O)CCC3)cc1O. The quantitative estimate of drug-likeness (QED) is 0.666. The molecule has 2 aliphatic rings. The molecule has 2 N–H and O–H groups in total. The second-order valence-corrected chi connectivity index (χ2v) is 8.07. The van der Waals surface area contributed by atoms with E-state index in [1.165, 1.54) is 7.11 Å². The first-order chi connectivity index (χ1) is 15.5. The number of phenolic OH excluding ortho intramolecular Hbond substituents is 1. The van der Waals surface area contributed by atoms with Gasteiger partial charge in [0, 0.05) is 35.7 Å². The van der Waals surface area contributed by atoms with Crippen molar-refractivity contribution in [1.29, 1.82) is 0 Å². The normalized spacial score (nSPS) is 18.2. The van der Waals surface area contributed by atoms with Crippen LogP contribution in [-0.2, 0) is 20.7 Å². The predicted molar refractivity (Wildman–Crippen MR) is 120 cm³/mol. The number of benzene rings is 2. The van der Waals surface area contributed by atoms with Gasteiger partial charge in [0.2, 0.25) is 0 Å². The molecule has 2 aromatic rings. The van der Waals surface area contributed by atoms with Crippen LogP contribution in [-0.4, -0.2) is 30.6 Å². The first-order valence-corrected chi connectivity index (χ1v) is 10.8. The maximum Gasteiger partial charge on any atom is 0.336 e. The summed E-state index contributed by atoms with van der Waals surface area (Å²) in [4.78, 5) is 26.2. The summed E-state index contributed by atoms with van der Waals surface area (Å²) in [5, 5.41) is 13.6. The van der Waals surface area contributed by atoms with Gasteiger partial charge in [0.1, 0.15) is 0 Å². The Hall–Kier alpha value is -3.54. The van der Waals surface area contributed by atoms with Gasteiger partial charge >= 0.3 is 5.97 Å². The summed E-state index contributed by atoms with van der Waals surface area (Å²) in [5.41, 5.74) is 4.24. The minimum absolute atomic E-state index is 0.0149. The molecule has 32 heavy (non-hydrogen) atoms. The molecule has 6 nitrogen and oxygen atoms in total. The fraction of sp³-hybridized carbons (Fsp3) is 0.308. The highest BCUT2D eigenvalue weighted by Crippen LogP contribution is 2.44. The van der Waals surface area contributed by atoms with Crippen LogP contribution in [0.3, 0.4) is 0 Å². The molecule has 0 amide bonds. The third kappa shape index (κ3) is 4.26. The molecule has 1 heterocycles. The van der Waals surface area contributed by atoms with E-state index in [2.05, 4.69) is 5.32 Å². The summed E-state index contributed by atoms with van der Waals surface area (Å²) in [7, 11) is 1.48. The Morgan fingerprint density at radius 2 is 1.94 bits per heavy atom. The van der Waals surface area contributed by atoms with Crippen LogP contribution in [0.2, 0.25) is 0 Å². The molecule has 0 saturated heterocycles. The van der Waals surface area contributed by atoms with Gasteiger partial charge in [0.25, 0.3) is 0 Å². The third-order valence-electron chi connectivity index (χ3n) is 6.00.